The monoisotopic (exact) mass is 361 g/mol. The maximum atomic E-state index is 11.5. The van der Waals surface area contributed by atoms with Gasteiger partial charge in [0, 0.05) is 38.9 Å². The largest absolute Gasteiger partial charge is 0.480 e. The van der Waals surface area contributed by atoms with E-state index < -0.39 is 5.97 Å². The van der Waals surface area contributed by atoms with Crippen molar-refractivity contribution >= 4 is 23.6 Å². The van der Waals surface area contributed by atoms with Gasteiger partial charge in [0.05, 0.1) is 13.1 Å². The van der Waals surface area contributed by atoms with Gasteiger partial charge >= 0.3 is 5.97 Å². The molecule has 0 saturated heterocycles. The van der Waals surface area contributed by atoms with Crippen LogP contribution >= 0.6 is 11.8 Å². The summed E-state index contributed by atoms with van der Waals surface area (Å²) >= 11 is 1.74. The minimum atomic E-state index is -0.894. The van der Waals surface area contributed by atoms with Crippen molar-refractivity contribution in [3.05, 3.63) is 0 Å². The van der Waals surface area contributed by atoms with E-state index in [0.29, 0.717) is 13.1 Å². The number of aliphatic carboxylic acids is 1. The van der Waals surface area contributed by atoms with Gasteiger partial charge in [0.15, 0.2) is 0 Å². The van der Waals surface area contributed by atoms with Crippen LogP contribution < -0.4 is 5.32 Å². The maximum Gasteiger partial charge on any atom is 0.317 e. The van der Waals surface area contributed by atoms with Gasteiger partial charge in [-0.25, -0.2) is 0 Å². The van der Waals surface area contributed by atoms with E-state index in [0.717, 1.165) is 17.9 Å². The molecule has 107 valence electrons. The average Bonchev–Trinajstić information content (AvgIpc) is 2.25. The van der Waals surface area contributed by atoms with E-state index >= 15 is 0 Å². The molecular formula is C11H22N2O3STc. The van der Waals surface area contributed by atoms with Crippen molar-refractivity contribution in [2.45, 2.75) is 20.3 Å². The zero-order valence-corrected chi connectivity index (χ0v) is 13.6. The first-order valence-corrected chi connectivity index (χ1v) is 7.04. The molecule has 7 heteroatoms. The molecular weight excluding hydrogens is 339 g/mol. The Morgan fingerprint density at radius 1 is 1.28 bits per heavy atom. The summed E-state index contributed by atoms with van der Waals surface area (Å²) in [6, 6.07) is 0. The van der Waals surface area contributed by atoms with E-state index in [2.05, 4.69) is 12.2 Å². The quantitative estimate of drug-likeness (QED) is 0.559. The Balaban J connectivity index is 0. The van der Waals surface area contributed by atoms with Crippen molar-refractivity contribution in [3.8, 4) is 0 Å². The molecule has 0 heterocycles. The molecule has 0 aliphatic rings. The molecule has 18 heavy (non-hydrogen) atoms. The molecule has 0 unspecified atom stereocenters. The van der Waals surface area contributed by atoms with Crippen LogP contribution in [-0.2, 0) is 29.7 Å². The van der Waals surface area contributed by atoms with Gasteiger partial charge in [0.25, 0.3) is 0 Å². The molecule has 0 aromatic rings. The number of nitrogens with zero attached hydrogens (tertiary/aromatic N) is 1. The van der Waals surface area contributed by atoms with Gasteiger partial charge in [-0.2, -0.15) is 11.8 Å². The van der Waals surface area contributed by atoms with Gasteiger partial charge in [-0.05, 0) is 12.2 Å². The molecule has 1 amide bonds. The van der Waals surface area contributed by atoms with E-state index in [9.17, 15) is 9.59 Å². The number of amides is 1. The van der Waals surface area contributed by atoms with Crippen LogP contribution in [0, 0.1) is 0 Å². The fourth-order valence-corrected chi connectivity index (χ4v) is 1.94. The van der Waals surface area contributed by atoms with Crippen molar-refractivity contribution in [3.63, 3.8) is 0 Å². The molecule has 0 fully saturated rings. The van der Waals surface area contributed by atoms with Crippen molar-refractivity contribution in [1.29, 1.82) is 0 Å². The summed E-state index contributed by atoms with van der Waals surface area (Å²) in [5.74, 6) is 0.859. The summed E-state index contributed by atoms with van der Waals surface area (Å²) in [7, 11) is 0. The van der Waals surface area contributed by atoms with Gasteiger partial charge in [-0.15, -0.1) is 0 Å². The summed E-state index contributed by atoms with van der Waals surface area (Å²) < 4.78 is 0. The van der Waals surface area contributed by atoms with Gasteiger partial charge < -0.3 is 10.4 Å². The first kappa shape index (κ1) is 20.2. The number of carboxylic acids is 1. The van der Waals surface area contributed by atoms with Crippen LogP contribution in [-0.4, -0.2) is 59.6 Å². The Morgan fingerprint density at radius 3 is 2.44 bits per heavy atom. The molecule has 0 aromatic carbocycles. The number of rotatable bonds is 10. The van der Waals surface area contributed by atoms with Crippen LogP contribution in [0.4, 0.5) is 0 Å². The summed E-state index contributed by atoms with van der Waals surface area (Å²) in [6.45, 7) is 5.39. The topological polar surface area (TPSA) is 69.6 Å². The van der Waals surface area contributed by atoms with Gasteiger partial charge in [0.1, 0.15) is 0 Å². The molecule has 0 aliphatic heterocycles. The molecule has 0 bridgehead atoms. The fraction of sp³-hybridized carbons (Fsp3) is 0.818. The maximum absolute atomic E-state index is 11.5. The van der Waals surface area contributed by atoms with E-state index in [4.69, 9.17) is 5.11 Å². The minimum absolute atomic E-state index is 0. The van der Waals surface area contributed by atoms with Crippen LogP contribution in [0.5, 0.6) is 0 Å². The molecule has 0 saturated carbocycles. The van der Waals surface area contributed by atoms with Gasteiger partial charge in [0.2, 0.25) is 5.91 Å². The second-order valence-corrected chi connectivity index (χ2v) is 5.05. The van der Waals surface area contributed by atoms with Crippen LogP contribution in [0.1, 0.15) is 20.3 Å². The van der Waals surface area contributed by atoms with Gasteiger partial charge in [-0.1, -0.05) is 13.8 Å². The Morgan fingerprint density at radius 2 is 1.94 bits per heavy atom. The smallest absolute Gasteiger partial charge is 0.317 e. The SMILES string of the molecule is CCCNC(=O)CN(CCSCC)CC(=O)O.[99Tc]. The Hall–Kier alpha value is -0.101. The van der Waals surface area contributed by atoms with Crippen LogP contribution in [0.25, 0.3) is 0 Å². The number of carbonyl (C=O) groups is 2. The Bertz CT molecular complexity index is 242. The summed E-state index contributed by atoms with van der Waals surface area (Å²) in [5.41, 5.74) is 0. The summed E-state index contributed by atoms with van der Waals surface area (Å²) in [5, 5.41) is 11.5. The van der Waals surface area contributed by atoms with Crippen molar-refractivity contribution < 1.29 is 34.8 Å². The number of thioether (sulfide) groups is 1. The summed E-state index contributed by atoms with van der Waals surface area (Å²) in [6.07, 6.45) is 0.885. The third kappa shape index (κ3) is 12.4. The van der Waals surface area contributed by atoms with Crippen LogP contribution in [0.2, 0.25) is 0 Å². The molecule has 0 atom stereocenters. The predicted molar refractivity (Wildman–Crippen MR) is 70.4 cm³/mol. The number of carboxylic acid groups (broad SMARTS) is 1. The molecule has 0 rings (SSSR count). The molecule has 0 aromatic heterocycles. The second kappa shape index (κ2) is 13.3. The number of hydrogen-bond acceptors (Lipinski definition) is 4. The standard InChI is InChI=1S/C11H22N2O3S.Tc/c1-3-5-12-10(14)8-13(9-11(15)16)6-7-17-4-2;/h3-9H2,1-2H3,(H,12,14)(H,15,16);/i;1+1. The van der Waals surface area contributed by atoms with E-state index in [1.54, 1.807) is 16.7 Å². The van der Waals surface area contributed by atoms with Crippen LogP contribution in [0.3, 0.4) is 0 Å². The Kier molecular flexibility index (Phi) is 15.0. The predicted octanol–water partition coefficient (Wildman–Crippen LogP) is 0.650. The van der Waals surface area contributed by atoms with E-state index in [1.165, 1.54) is 0 Å². The molecule has 2 N–H and O–H groups in total. The van der Waals surface area contributed by atoms with E-state index in [1.807, 2.05) is 6.92 Å². The zero-order valence-electron chi connectivity index (χ0n) is 10.9. The number of hydrogen-bond donors (Lipinski definition) is 2. The number of nitrogens with one attached hydrogen (secondary N) is 1. The van der Waals surface area contributed by atoms with Crippen molar-refractivity contribution in [2.24, 2.45) is 0 Å². The van der Waals surface area contributed by atoms with Gasteiger partial charge in [-0.3, -0.25) is 14.5 Å². The molecule has 0 spiro atoms. The van der Waals surface area contributed by atoms with Crippen LogP contribution in [0.15, 0.2) is 0 Å². The first-order valence-electron chi connectivity index (χ1n) is 5.88. The summed E-state index contributed by atoms with van der Waals surface area (Å²) in [4.78, 5) is 23.8. The first-order chi connectivity index (χ1) is 8.10. The third-order valence-electron chi connectivity index (χ3n) is 2.05. The molecule has 0 aliphatic carbocycles. The van der Waals surface area contributed by atoms with Crippen molar-refractivity contribution in [1.82, 2.24) is 10.2 Å². The average molecular weight is 361 g/mol. The zero-order chi connectivity index (χ0) is 13.1. The normalized spacial score (nSPS) is 9.94. The van der Waals surface area contributed by atoms with E-state index in [-0.39, 0.29) is 39.1 Å². The van der Waals surface area contributed by atoms with Crippen molar-refractivity contribution in [2.75, 3.05) is 37.7 Å². The molecule has 5 nitrogen and oxygen atoms in total. The fourth-order valence-electron chi connectivity index (χ4n) is 1.27. The molecule has 1 radical (unpaired) electrons. The Labute approximate surface area is 126 Å². The number of carbonyl (C=O) groups excluding carboxylic acids is 1. The minimum Gasteiger partial charge on any atom is -0.480 e. The third-order valence-corrected chi connectivity index (χ3v) is 2.93. The second-order valence-electron chi connectivity index (χ2n) is 3.65.